The molecule has 1 amide bonds. The third-order valence-electron chi connectivity index (χ3n) is 4.93. The van der Waals surface area contributed by atoms with Gasteiger partial charge < -0.3 is 5.32 Å². The summed E-state index contributed by atoms with van der Waals surface area (Å²) in [6.07, 6.45) is 0. The predicted molar refractivity (Wildman–Crippen MR) is 111 cm³/mol. The smallest absolute Gasteiger partial charge is 0.328 e. The van der Waals surface area contributed by atoms with Crippen molar-refractivity contribution >= 4 is 16.9 Å². The number of rotatable bonds is 5. The van der Waals surface area contributed by atoms with Crippen molar-refractivity contribution in [3.63, 3.8) is 0 Å². The number of imidazole rings is 1. The first-order valence-corrected chi connectivity index (χ1v) is 9.23. The summed E-state index contributed by atoms with van der Waals surface area (Å²) < 4.78 is 3.31. The van der Waals surface area contributed by atoms with Crippen LogP contribution in [0, 0.1) is 0 Å². The fraction of sp³-hybridized carbons (Fsp3) is 0.130. The molecule has 1 N–H and O–H groups in total. The molecular formula is C23H21N3O2. The number of nitrogens with one attached hydrogen (secondary N) is 1. The van der Waals surface area contributed by atoms with Gasteiger partial charge in [-0.1, -0.05) is 54.6 Å². The maximum Gasteiger partial charge on any atom is 0.328 e. The van der Waals surface area contributed by atoms with Crippen molar-refractivity contribution in [1.29, 1.82) is 0 Å². The van der Waals surface area contributed by atoms with Crippen molar-refractivity contribution in [2.24, 2.45) is 7.05 Å². The van der Waals surface area contributed by atoms with E-state index in [2.05, 4.69) is 5.32 Å². The van der Waals surface area contributed by atoms with E-state index in [0.29, 0.717) is 18.7 Å². The maximum atomic E-state index is 12.4. The van der Waals surface area contributed by atoms with Crippen LogP contribution in [0.5, 0.6) is 0 Å². The molecule has 5 nitrogen and oxygen atoms in total. The molecule has 0 radical (unpaired) electrons. The molecule has 3 aromatic carbocycles. The Hall–Kier alpha value is -3.60. The number of aromatic nitrogens is 2. The van der Waals surface area contributed by atoms with E-state index in [0.717, 1.165) is 22.2 Å². The molecule has 0 atom stereocenters. The van der Waals surface area contributed by atoms with Gasteiger partial charge in [-0.3, -0.25) is 13.9 Å². The average molecular weight is 371 g/mol. The second kappa shape index (κ2) is 7.56. The first kappa shape index (κ1) is 17.8. The lowest BCUT2D eigenvalue weighted by atomic mass is 10.0. The summed E-state index contributed by atoms with van der Waals surface area (Å²) >= 11 is 0. The Kier molecular flexibility index (Phi) is 4.81. The molecule has 0 fully saturated rings. The summed E-state index contributed by atoms with van der Waals surface area (Å²) in [5, 5.41) is 2.90. The normalized spacial score (nSPS) is 10.9. The number of fused-ring (bicyclic) bond motifs is 1. The lowest BCUT2D eigenvalue weighted by Gasteiger charge is -2.07. The summed E-state index contributed by atoms with van der Waals surface area (Å²) in [7, 11) is 1.76. The van der Waals surface area contributed by atoms with E-state index in [1.807, 2.05) is 78.9 Å². The van der Waals surface area contributed by atoms with Crippen molar-refractivity contribution in [3.05, 3.63) is 94.9 Å². The van der Waals surface area contributed by atoms with E-state index in [4.69, 9.17) is 0 Å². The Morgan fingerprint density at radius 2 is 1.43 bits per heavy atom. The standard InChI is InChI=1S/C23H21N3O2/c1-25-20-9-5-6-10-21(20)26(23(25)28)16-15-24-22(27)19-13-11-18(12-14-19)17-7-3-2-4-8-17/h2-14H,15-16H2,1H3,(H,24,27). The van der Waals surface area contributed by atoms with E-state index < -0.39 is 0 Å². The van der Waals surface area contributed by atoms with Crippen molar-refractivity contribution in [1.82, 2.24) is 14.5 Å². The van der Waals surface area contributed by atoms with Crippen molar-refractivity contribution in [2.45, 2.75) is 6.54 Å². The minimum atomic E-state index is -0.145. The lowest BCUT2D eigenvalue weighted by molar-refractivity contribution is 0.0952. The summed E-state index contributed by atoms with van der Waals surface area (Å²) in [5.74, 6) is -0.145. The highest BCUT2D eigenvalue weighted by molar-refractivity contribution is 5.94. The third-order valence-corrected chi connectivity index (χ3v) is 4.93. The molecule has 0 unspecified atom stereocenters. The largest absolute Gasteiger partial charge is 0.350 e. The Bertz CT molecular complexity index is 1170. The van der Waals surface area contributed by atoms with Crippen LogP contribution in [-0.4, -0.2) is 21.6 Å². The molecule has 0 saturated carbocycles. The molecule has 5 heteroatoms. The lowest BCUT2D eigenvalue weighted by Crippen LogP contribution is -2.31. The maximum absolute atomic E-state index is 12.4. The number of nitrogens with zero attached hydrogens (tertiary/aromatic N) is 2. The van der Waals surface area contributed by atoms with Crippen LogP contribution in [0.2, 0.25) is 0 Å². The second-order valence-electron chi connectivity index (χ2n) is 6.68. The molecule has 0 aliphatic heterocycles. The van der Waals surface area contributed by atoms with Gasteiger partial charge in [-0.15, -0.1) is 0 Å². The molecule has 4 rings (SSSR count). The van der Waals surface area contributed by atoms with Crippen molar-refractivity contribution < 1.29 is 4.79 Å². The number of hydrogen-bond acceptors (Lipinski definition) is 2. The highest BCUT2D eigenvalue weighted by Crippen LogP contribution is 2.19. The quantitative estimate of drug-likeness (QED) is 0.584. The molecule has 0 saturated heterocycles. The summed E-state index contributed by atoms with van der Waals surface area (Å²) in [6.45, 7) is 0.807. The molecule has 4 aromatic rings. The molecule has 0 aliphatic carbocycles. The van der Waals surface area contributed by atoms with Crippen LogP contribution >= 0.6 is 0 Å². The number of benzene rings is 3. The first-order chi connectivity index (χ1) is 13.6. The van der Waals surface area contributed by atoms with Gasteiger partial charge in [0.25, 0.3) is 5.91 Å². The summed E-state index contributed by atoms with van der Waals surface area (Å²) in [6, 6.07) is 25.2. The monoisotopic (exact) mass is 371 g/mol. The Balaban J connectivity index is 1.43. The first-order valence-electron chi connectivity index (χ1n) is 9.23. The van der Waals surface area contributed by atoms with Gasteiger partial charge in [-0.25, -0.2) is 4.79 Å². The molecular weight excluding hydrogens is 350 g/mol. The van der Waals surface area contributed by atoms with E-state index in [-0.39, 0.29) is 11.6 Å². The van der Waals surface area contributed by atoms with Crippen molar-refractivity contribution in [3.8, 4) is 11.1 Å². The highest BCUT2D eigenvalue weighted by atomic mass is 16.2. The van der Waals surface area contributed by atoms with Gasteiger partial charge in [0, 0.05) is 25.7 Å². The average Bonchev–Trinajstić information content (AvgIpc) is 2.99. The molecule has 140 valence electrons. The van der Waals surface area contributed by atoms with Gasteiger partial charge in [0.15, 0.2) is 0 Å². The number of hydrogen-bond donors (Lipinski definition) is 1. The van der Waals surface area contributed by atoms with Crippen LogP contribution in [0.3, 0.4) is 0 Å². The highest BCUT2D eigenvalue weighted by Gasteiger charge is 2.10. The van der Waals surface area contributed by atoms with Gasteiger partial charge in [-0.05, 0) is 35.4 Å². The minimum Gasteiger partial charge on any atom is -0.350 e. The third kappa shape index (κ3) is 3.34. The van der Waals surface area contributed by atoms with Gasteiger partial charge >= 0.3 is 5.69 Å². The predicted octanol–water partition coefficient (Wildman–Crippen LogP) is 3.44. The van der Waals surface area contributed by atoms with E-state index >= 15 is 0 Å². The molecule has 1 aromatic heterocycles. The second-order valence-corrected chi connectivity index (χ2v) is 6.68. The Labute approximate surface area is 162 Å². The fourth-order valence-corrected chi connectivity index (χ4v) is 3.41. The molecule has 0 aliphatic rings. The zero-order chi connectivity index (χ0) is 19.5. The van der Waals surface area contributed by atoms with Gasteiger partial charge in [0.05, 0.1) is 11.0 Å². The molecule has 28 heavy (non-hydrogen) atoms. The number of para-hydroxylation sites is 2. The van der Waals surface area contributed by atoms with Crippen LogP contribution in [0.1, 0.15) is 10.4 Å². The number of carbonyl (C=O) groups excluding carboxylic acids is 1. The SMILES string of the molecule is Cn1c(=O)n(CCNC(=O)c2ccc(-c3ccccc3)cc2)c2ccccc21. The summed E-state index contributed by atoms with van der Waals surface area (Å²) in [5.41, 5.74) is 4.46. The van der Waals surface area contributed by atoms with E-state index in [9.17, 15) is 9.59 Å². The zero-order valence-electron chi connectivity index (χ0n) is 15.6. The van der Waals surface area contributed by atoms with Crippen LogP contribution < -0.4 is 11.0 Å². The molecule has 1 heterocycles. The van der Waals surface area contributed by atoms with Gasteiger partial charge in [0.2, 0.25) is 0 Å². The Morgan fingerprint density at radius 1 is 0.821 bits per heavy atom. The van der Waals surface area contributed by atoms with Crippen molar-refractivity contribution in [2.75, 3.05) is 6.54 Å². The van der Waals surface area contributed by atoms with Crippen LogP contribution in [0.25, 0.3) is 22.2 Å². The topological polar surface area (TPSA) is 56.0 Å². The van der Waals surface area contributed by atoms with Crippen LogP contribution in [0.15, 0.2) is 83.7 Å². The van der Waals surface area contributed by atoms with Crippen LogP contribution in [-0.2, 0) is 13.6 Å². The number of amides is 1. The van der Waals surface area contributed by atoms with Crippen LogP contribution in [0.4, 0.5) is 0 Å². The van der Waals surface area contributed by atoms with Gasteiger partial charge in [-0.2, -0.15) is 0 Å². The zero-order valence-corrected chi connectivity index (χ0v) is 15.6. The summed E-state index contributed by atoms with van der Waals surface area (Å²) in [4.78, 5) is 24.9. The Morgan fingerprint density at radius 3 is 2.14 bits per heavy atom. The van der Waals surface area contributed by atoms with Gasteiger partial charge in [0.1, 0.15) is 0 Å². The van der Waals surface area contributed by atoms with E-state index in [1.54, 1.807) is 16.2 Å². The minimum absolute atomic E-state index is 0.0809. The fourth-order valence-electron chi connectivity index (χ4n) is 3.41. The molecule has 0 bridgehead atoms. The number of carbonyl (C=O) groups is 1. The van der Waals surface area contributed by atoms with E-state index in [1.165, 1.54) is 0 Å². The molecule has 0 spiro atoms. The number of aryl methyl sites for hydroxylation is 1.